The molecule has 3 heterocycles. The quantitative estimate of drug-likeness (QED) is 0.814. The molecule has 2 fully saturated rings. The van der Waals surface area contributed by atoms with Crippen LogP contribution < -0.4 is 15.5 Å². The first-order valence-corrected chi connectivity index (χ1v) is 7.10. The Morgan fingerprint density at radius 1 is 1.32 bits per heavy atom. The lowest BCUT2D eigenvalue weighted by Gasteiger charge is -2.50. The first kappa shape index (κ1) is 15.1. The molecule has 2 N–H and O–H groups in total. The topological polar surface area (TPSA) is 57.3 Å². The minimum Gasteiger partial charge on any atom is -0.355 e. The molecule has 0 bridgehead atoms. The number of halogens is 3. The summed E-state index contributed by atoms with van der Waals surface area (Å²) in [5.74, 6) is 0.548. The van der Waals surface area contributed by atoms with Gasteiger partial charge in [-0.25, -0.2) is 4.98 Å². The maximum absolute atomic E-state index is 12.7. The van der Waals surface area contributed by atoms with Crippen LogP contribution in [0.1, 0.15) is 17.5 Å². The van der Waals surface area contributed by atoms with Crippen LogP contribution in [0.2, 0.25) is 0 Å². The molecular formula is C14H17F3N4O. The molecule has 3 rings (SSSR count). The van der Waals surface area contributed by atoms with E-state index in [0.29, 0.717) is 44.0 Å². The number of pyridine rings is 1. The second kappa shape index (κ2) is 5.12. The van der Waals surface area contributed by atoms with E-state index in [2.05, 4.69) is 15.6 Å². The SMILES string of the molecule is Cc1cc(C(F)(F)F)cnc1N1CC2(CC(=O)NCCN2)C1. The number of amides is 1. The van der Waals surface area contributed by atoms with E-state index in [9.17, 15) is 18.0 Å². The van der Waals surface area contributed by atoms with Crippen molar-refractivity contribution in [1.82, 2.24) is 15.6 Å². The molecule has 8 heteroatoms. The Morgan fingerprint density at radius 2 is 2.05 bits per heavy atom. The smallest absolute Gasteiger partial charge is 0.355 e. The Labute approximate surface area is 125 Å². The van der Waals surface area contributed by atoms with Gasteiger partial charge in [0.05, 0.1) is 11.1 Å². The largest absolute Gasteiger partial charge is 0.417 e. The fourth-order valence-electron chi connectivity index (χ4n) is 3.07. The zero-order chi connectivity index (χ0) is 16.0. The van der Waals surface area contributed by atoms with Crippen molar-refractivity contribution in [3.63, 3.8) is 0 Å². The molecule has 0 aromatic carbocycles. The van der Waals surface area contributed by atoms with Gasteiger partial charge in [-0.2, -0.15) is 13.2 Å². The minimum atomic E-state index is -4.38. The van der Waals surface area contributed by atoms with Crippen molar-refractivity contribution in [3.8, 4) is 0 Å². The fraction of sp³-hybridized carbons (Fsp3) is 0.571. The summed E-state index contributed by atoms with van der Waals surface area (Å²) in [5.41, 5.74) is -0.545. The van der Waals surface area contributed by atoms with Gasteiger partial charge in [0.25, 0.3) is 0 Å². The van der Waals surface area contributed by atoms with Crippen LogP contribution in [0.5, 0.6) is 0 Å². The van der Waals surface area contributed by atoms with E-state index in [1.807, 2.05) is 4.90 Å². The average molecular weight is 314 g/mol. The molecule has 1 amide bonds. The predicted molar refractivity (Wildman–Crippen MR) is 74.5 cm³/mol. The van der Waals surface area contributed by atoms with Crippen molar-refractivity contribution in [1.29, 1.82) is 0 Å². The molecule has 22 heavy (non-hydrogen) atoms. The Bertz CT molecular complexity index is 596. The maximum Gasteiger partial charge on any atom is 0.417 e. The number of nitrogens with zero attached hydrogens (tertiary/aromatic N) is 2. The fourth-order valence-corrected chi connectivity index (χ4v) is 3.07. The second-order valence-corrected chi connectivity index (χ2v) is 5.95. The van der Waals surface area contributed by atoms with Crippen molar-refractivity contribution in [2.24, 2.45) is 0 Å². The first-order valence-electron chi connectivity index (χ1n) is 7.10. The van der Waals surface area contributed by atoms with Crippen LogP contribution in [0.25, 0.3) is 0 Å². The molecule has 120 valence electrons. The second-order valence-electron chi connectivity index (χ2n) is 5.95. The van der Waals surface area contributed by atoms with Crippen LogP contribution >= 0.6 is 0 Å². The highest BCUT2D eigenvalue weighted by Crippen LogP contribution is 2.34. The van der Waals surface area contributed by atoms with E-state index >= 15 is 0 Å². The molecule has 2 aliphatic rings. The van der Waals surface area contributed by atoms with Crippen molar-refractivity contribution in [3.05, 3.63) is 23.4 Å². The van der Waals surface area contributed by atoms with Crippen LogP contribution in [0.4, 0.5) is 19.0 Å². The number of aryl methyl sites for hydroxylation is 1. The third-order valence-electron chi connectivity index (χ3n) is 4.11. The van der Waals surface area contributed by atoms with Crippen molar-refractivity contribution in [2.75, 3.05) is 31.1 Å². The Kier molecular flexibility index (Phi) is 3.51. The van der Waals surface area contributed by atoms with Crippen LogP contribution in [0.15, 0.2) is 12.3 Å². The van der Waals surface area contributed by atoms with E-state index in [0.717, 1.165) is 12.3 Å². The van der Waals surface area contributed by atoms with E-state index in [-0.39, 0.29) is 11.4 Å². The van der Waals surface area contributed by atoms with Gasteiger partial charge in [0.1, 0.15) is 5.82 Å². The van der Waals surface area contributed by atoms with Gasteiger partial charge in [-0.3, -0.25) is 4.79 Å². The highest BCUT2D eigenvalue weighted by Gasteiger charge is 2.46. The number of carbonyl (C=O) groups excluding carboxylic acids is 1. The van der Waals surface area contributed by atoms with E-state index < -0.39 is 11.7 Å². The Morgan fingerprint density at radius 3 is 2.68 bits per heavy atom. The molecule has 1 spiro atoms. The number of hydrogen-bond donors (Lipinski definition) is 2. The minimum absolute atomic E-state index is 0.00162. The van der Waals surface area contributed by atoms with Crippen molar-refractivity contribution < 1.29 is 18.0 Å². The van der Waals surface area contributed by atoms with Crippen LogP contribution in [-0.4, -0.2) is 42.6 Å². The predicted octanol–water partition coefficient (Wildman–Crippen LogP) is 1.08. The summed E-state index contributed by atoms with van der Waals surface area (Å²) in [6.45, 7) is 4.05. The molecule has 0 saturated carbocycles. The average Bonchev–Trinajstić information content (AvgIpc) is 2.58. The molecule has 0 atom stereocenters. The van der Waals surface area contributed by atoms with Gasteiger partial charge in [0.2, 0.25) is 5.91 Å². The van der Waals surface area contributed by atoms with E-state index in [1.54, 1.807) is 6.92 Å². The summed E-state index contributed by atoms with van der Waals surface area (Å²) in [6, 6.07) is 1.11. The molecule has 2 saturated heterocycles. The third-order valence-corrected chi connectivity index (χ3v) is 4.11. The summed E-state index contributed by atoms with van der Waals surface area (Å²) in [5, 5.41) is 6.14. The summed E-state index contributed by atoms with van der Waals surface area (Å²) in [4.78, 5) is 17.5. The maximum atomic E-state index is 12.7. The normalized spacial score (nSPS) is 21.3. The molecule has 0 radical (unpaired) electrons. The Balaban J connectivity index is 1.74. The van der Waals surface area contributed by atoms with Crippen LogP contribution in [0.3, 0.4) is 0 Å². The van der Waals surface area contributed by atoms with Crippen molar-refractivity contribution >= 4 is 11.7 Å². The summed E-state index contributed by atoms with van der Waals surface area (Å²) < 4.78 is 38.0. The van der Waals surface area contributed by atoms with Crippen molar-refractivity contribution in [2.45, 2.75) is 25.1 Å². The van der Waals surface area contributed by atoms with E-state index in [4.69, 9.17) is 0 Å². The highest BCUT2D eigenvalue weighted by atomic mass is 19.4. The van der Waals surface area contributed by atoms with Gasteiger partial charge in [-0.05, 0) is 18.6 Å². The molecule has 0 aliphatic carbocycles. The number of aromatic nitrogens is 1. The van der Waals surface area contributed by atoms with Gasteiger partial charge in [-0.1, -0.05) is 0 Å². The van der Waals surface area contributed by atoms with Gasteiger partial charge in [-0.15, -0.1) is 0 Å². The lowest BCUT2D eigenvalue weighted by atomic mass is 9.85. The summed E-state index contributed by atoms with van der Waals surface area (Å²) >= 11 is 0. The summed E-state index contributed by atoms with van der Waals surface area (Å²) in [6.07, 6.45) is -3.14. The van der Waals surface area contributed by atoms with Gasteiger partial charge in [0, 0.05) is 38.8 Å². The number of anilines is 1. The monoisotopic (exact) mass is 314 g/mol. The number of hydrogen-bond acceptors (Lipinski definition) is 4. The molecule has 1 aromatic rings. The van der Waals surface area contributed by atoms with Gasteiger partial charge < -0.3 is 15.5 Å². The lowest BCUT2D eigenvalue weighted by molar-refractivity contribution is -0.137. The zero-order valence-corrected chi connectivity index (χ0v) is 12.1. The third kappa shape index (κ3) is 2.75. The van der Waals surface area contributed by atoms with Gasteiger partial charge in [0.15, 0.2) is 0 Å². The molecule has 1 aromatic heterocycles. The van der Waals surface area contributed by atoms with Crippen LogP contribution in [0, 0.1) is 6.92 Å². The van der Waals surface area contributed by atoms with Crippen LogP contribution in [-0.2, 0) is 11.0 Å². The lowest BCUT2D eigenvalue weighted by Crippen LogP contribution is -2.70. The first-order chi connectivity index (χ1) is 10.3. The number of rotatable bonds is 1. The molecular weight excluding hydrogens is 297 g/mol. The number of carbonyl (C=O) groups is 1. The Hall–Kier alpha value is -1.83. The highest BCUT2D eigenvalue weighted by molar-refractivity contribution is 5.78. The van der Waals surface area contributed by atoms with E-state index in [1.165, 1.54) is 0 Å². The summed E-state index contributed by atoms with van der Waals surface area (Å²) in [7, 11) is 0. The molecule has 0 unspecified atom stereocenters. The molecule has 2 aliphatic heterocycles. The zero-order valence-electron chi connectivity index (χ0n) is 12.1. The standard InChI is InChI=1S/C14H17F3N4O/c1-9-4-10(14(15,16)17)6-19-12(9)21-7-13(8-21)5-11(22)18-2-3-20-13/h4,6,20H,2-3,5,7-8H2,1H3,(H,18,22). The van der Waals surface area contributed by atoms with Gasteiger partial charge >= 0.3 is 6.18 Å². The molecule has 5 nitrogen and oxygen atoms in total. The number of alkyl halides is 3. The number of nitrogens with one attached hydrogen (secondary N) is 2.